The van der Waals surface area contributed by atoms with Gasteiger partial charge in [0.05, 0.1) is 13.0 Å². The summed E-state index contributed by atoms with van der Waals surface area (Å²) >= 11 is 0. The molecule has 0 rings (SSSR count). The fraction of sp³-hybridized carbons (Fsp3) is 0.909. The van der Waals surface area contributed by atoms with Gasteiger partial charge >= 0.3 is 17.1 Å². The van der Waals surface area contributed by atoms with E-state index in [1.165, 1.54) is 0 Å². The summed E-state index contributed by atoms with van der Waals surface area (Å²) in [4.78, 5) is 11.1. The number of alkyl halides is 4. The third-order valence-corrected chi connectivity index (χ3v) is 3.58. The number of rotatable bonds is 10. The number of carbonyl (C=O) groups is 1. The summed E-state index contributed by atoms with van der Waals surface area (Å²) in [7, 11) is -6.51. The number of esters is 1. The molecular weight excluding hydrogens is 320 g/mol. The molecule has 10 heteroatoms. The van der Waals surface area contributed by atoms with Crippen LogP contribution in [-0.4, -0.2) is 36.7 Å². The SMILES string of the molecule is CCCCCCC(=O)OCCC(F)(F)C(F)(F)S(=O)(=O)[O-]. The molecule has 0 saturated heterocycles. The van der Waals surface area contributed by atoms with Gasteiger partial charge in [-0.25, -0.2) is 8.42 Å². The normalized spacial score (nSPS) is 13.2. The molecule has 0 spiro atoms. The molecule has 0 radical (unpaired) electrons. The van der Waals surface area contributed by atoms with Crippen LogP contribution in [0.4, 0.5) is 17.6 Å². The Morgan fingerprint density at radius 3 is 2.19 bits per heavy atom. The van der Waals surface area contributed by atoms with Crippen molar-refractivity contribution < 1.29 is 40.1 Å². The molecular formula is C11H17F4O5S-. The summed E-state index contributed by atoms with van der Waals surface area (Å²) in [5, 5.41) is -5.74. The van der Waals surface area contributed by atoms with E-state index in [1.54, 1.807) is 0 Å². The van der Waals surface area contributed by atoms with Gasteiger partial charge in [-0.2, -0.15) is 17.6 Å². The second kappa shape index (κ2) is 7.92. The maximum atomic E-state index is 13.0. The minimum atomic E-state index is -6.51. The lowest BCUT2D eigenvalue weighted by Crippen LogP contribution is -2.47. The van der Waals surface area contributed by atoms with Crippen LogP contribution in [0.25, 0.3) is 0 Å². The first-order chi connectivity index (χ1) is 9.45. The number of unbranched alkanes of at least 4 members (excludes halogenated alkanes) is 3. The zero-order valence-corrected chi connectivity index (χ0v) is 12.2. The Labute approximate surface area is 120 Å². The van der Waals surface area contributed by atoms with Gasteiger partial charge in [-0.1, -0.05) is 26.2 Å². The van der Waals surface area contributed by atoms with Gasteiger partial charge in [0.1, 0.15) is 0 Å². The smallest absolute Gasteiger partial charge is 0.396 e. The summed E-state index contributed by atoms with van der Waals surface area (Å²) in [6, 6.07) is 0. The number of hydrogen-bond acceptors (Lipinski definition) is 5. The second-order valence-corrected chi connectivity index (χ2v) is 5.88. The van der Waals surface area contributed by atoms with Crippen LogP contribution in [0.5, 0.6) is 0 Å². The maximum Gasteiger partial charge on any atom is 0.396 e. The van der Waals surface area contributed by atoms with Gasteiger partial charge in [0.2, 0.25) is 0 Å². The summed E-state index contributed by atoms with van der Waals surface area (Å²) in [6.07, 6.45) is 1.26. The van der Waals surface area contributed by atoms with Gasteiger partial charge in [0, 0.05) is 6.42 Å². The van der Waals surface area contributed by atoms with E-state index in [0.29, 0.717) is 6.42 Å². The van der Waals surface area contributed by atoms with Gasteiger partial charge < -0.3 is 9.29 Å². The van der Waals surface area contributed by atoms with Crippen molar-refractivity contribution in [3.8, 4) is 0 Å². The minimum absolute atomic E-state index is 0.0399. The monoisotopic (exact) mass is 337 g/mol. The molecule has 0 saturated carbocycles. The van der Waals surface area contributed by atoms with E-state index in [9.17, 15) is 35.3 Å². The van der Waals surface area contributed by atoms with Crippen LogP contribution in [0, 0.1) is 0 Å². The molecule has 0 N–H and O–H groups in total. The van der Waals surface area contributed by atoms with Crippen molar-refractivity contribution in [1.29, 1.82) is 0 Å². The third kappa shape index (κ3) is 6.16. The highest BCUT2D eigenvalue weighted by Crippen LogP contribution is 2.40. The Morgan fingerprint density at radius 2 is 1.71 bits per heavy atom. The molecule has 0 atom stereocenters. The quantitative estimate of drug-likeness (QED) is 0.265. The fourth-order valence-electron chi connectivity index (χ4n) is 1.39. The first-order valence-electron chi connectivity index (χ1n) is 6.32. The Morgan fingerprint density at radius 1 is 1.14 bits per heavy atom. The lowest BCUT2D eigenvalue weighted by atomic mass is 10.1. The molecule has 0 unspecified atom stereocenters. The molecule has 0 aromatic heterocycles. The minimum Gasteiger partial charge on any atom is -0.743 e. The Kier molecular flexibility index (Phi) is 7.58. The molecule has 126 valence electrons. The molecule has 5 nitrogen and oxygen atoms in total. The lowest BCUT2D eigenvalue weighted by molar-refractivity contribution is -0.174. The van der Waals surface area contributed by atoms with Gasteiger partial charge in [0.25, 0.3) is 0 Å². The van der Waals surface area contributed by atoms with Crippen molar-refractivity contribution in [1.82, 2.24) is 0 Å². The van der Waals surface area contributed by atoms with Crippen LogP contribution in [0.3, 0.4) is 0 Å². The number of halogens is 4. The molecule has 0 aliphatic carbocycles. The van der Waals surface area contributed by atoms with E-state index >= 15 is 0 Å². The third-order valence-electron chi connectivity index (χ3n) is 2.65. The standard InChI is InChI=1S/C11H18F4O5S/c1-2-3-4-5-6-9(16)20-8-7-10(12,13)11(14,15)21(17,18)19/h2-8H2,1H3,(H,17,18,19)/p-1. The highest BCUT2D eigenvalue weighted by atomic mass is 32.2. The molecule has 0 amide bonds. The average Bonchev–Trinajstić information content (AvgIpc) is 2.33. The van der Waals surface area contributed by atoms with E-state index in [4.69, 9.17) is 0 Å². The summed E-state index contributed by atoms with van der Waals surface area (Å²) in [6.45, 7) is 0.857. The van der Waals surface area contributed by atoms with Crippen molar-refractivity contribution in [2.24, 2.45) is 0 Å². The number of hydrogen-bond donors (Lipinski definition) is 0. The van der Waals surface area contributed by atoms with Crippen molar-refractivity contribution in [2.75, 3.05) is 6.61 Å². The van der Waals surface area contributed by atoms with Crippen LogP contribution in [-0.2, 0) is 19.6 Å². The average molecular weight is 337 g/mol. The van der Waals surface area contributed by atoms with E-state index in [-0.39, 0.29) is 6.42 Å². The predicted octanol–water partition coefficient (Wildman–Crippen LogP) is 2.66. The predicted molar refractivity (Wildman–Crippen MR) is 63.9 cm³/mol. The van der Waals surface area contributed by atoms with Crippen LogP contribution in [0.2, 0.25) is 0 Å². The highest BCUT2D eigenvalue weighted by molar-refractivity contribution is 7.86. The summed E-state index contributed by atoms with van der Waals surface area (Å²) in [5.74, 6) is -5.94. The zero-order chi connectivity index (χ0) is 16.7. The largest absolute Gasteiger partial charge is 0.743 e. The topological polar surface area (TPSA) is 83.5 Å². The number of ether oxygens (including phenoxy) is 1. The molecule has 0 aromatic carbocycles. The van der Waals surface area contributed by atoms with E-state index in [2.05, 4.69) is 4.74 Å². The summed E-state index contributed by atoms with van der Waals surface area (Å²) in [5.41, 5.74) is 0. The first-order valence-corrected chi connectivity index (χ1v) is 7.73. The van der Waals surface area contributed by atoms with E-state index in [1.807, 2.05) is 6.92 Å². The Balaban J connectivity index is 4.25. The van der Waals surface area contributed by atoms with Crippen LogP contribution < -0.4 is 0 Å². The fourth-order valence-corrected chi connectivity index (χ4v) is 1.86. The molecule has 0 aliphatic rings. The molecule has 21 heavy (non-hydrogen) atoms. The van der Waals surface area contributed by atoms with Crippen LogP contribution in [0.1, 0.15) is 45.4 Å². The Hall–Kier alpha value is -0.900. The lowest BCUT2D eigenvalue weighted by Gasteiger charge is -2.28. The van der Waals surface area contributed by atoms with Crippen molar-refractivity contribution in [2.45, 2.75) is 56.6 Å². The van der Waals surface area contributed by atoms with Crippen LogP contribution >= 0.6 is 0 Å². The second-order valence-electron chi connectivity index (χ2n) is 4.46. The van der Waals surface area contributed by atoms with Crippen molar-refractivity contribution >= 4 is 16.1 Å². The highest BCUT2D eigenvalue weighted by Gasteiger charge is 2.61. The van der Waals surface area contributed by atoms with E-state index in [0.717, 1.165) is 19.3 Å². The maximum absolute atomic E-state index is 13.0. The van der Waals surface area contributed by atoms with Gasteiger partial charge in [-0.05, 0) is 6.42 Å². The Bertz CT molecular complexity index is 436. The van der Waals surface area contributed by atoms with E-state index < -0.39 is 40.3 Å². The van der Waals surface area contributed by atoms with Gasteiger partial charge in [-0.15, -0.1) is 0 Å². The van der Waals surface area contributed by atoms with Gasteiger partial charge in [-0.3, -0.25) is 4.79 Å². The molecule has 0 bridgehead atoms. The molecule has 0 heterocycles. The van der Waals surface area contributed by atoms with Crippen LogP contribution in [0.15, 0.2) is 0 Å². The molecule has 0 aliphatic heterocycles. The summed E-state index contributed by atoms with van der Waals surface area (Å²) < 4.78 is 86.1. The first kappa shape index (κ1) is 20.1. The van der Waals surface area contributed by atoms with Gasteiger partial charge in [0.15, 0.2) is 10.1 Å². The van der Waals surface area contributed by atoms with Crippen molar-refractivity contribution in [3.63, 3.8) is 0 Å². The number of carbonyl (C=O) groups excluding carboxylic acids is 1. The zero-order valence-electron chi connectivity index (χ0n) is 11.4. The molecule has 0 fully saturated rings. The van der Waals surface area contributed by atoms with Crippen molar-refractivity contribution in [3.05, 3.63) is 0 Å². The molecule has 0 aromatic rings.